The molecule has 0 spiro atoms. The van der Waals surface area contributed by atoms with Gasteiger partial charge in [0.1, 0.15) is 6.54 Å². The average Bonchev–Trinajstić information content (AvgIpc) is 2.80. The van der Waals surface area contributed by atoms with Gasteiger partial charge in [0.2, 0.25) is 5.91 Å². The number of rotatable bonds is 4. The molecule has 0 saturated heterocycles. The predicted octanol–water partition coefficient (Wildman–Crippen LogP) is 2.45. The smallest absolute Gasteiger partial charge is 0.244 e. The molecule has 0 aliphatic heterocycles. The fourth-order valence-corrected chi connectivity index (χ4v) is 1.83. The predicted molar refractivity (Wildman–Crippen MR) is 76.8 cm³/mol. The van der Waals surface area contributed by atoms with E-state index in [-0.39, 0.29) is 11.9 Å². The van der Waals surface area contributed by atoms with Gasteiger partial charge in [-0.15, -0.1) is 0 Å². The van der Waals surface area contributed by atoms with E-state index < -0.39 is 0 Å². The standard InChI is InChI=1S/C15H19N3O/c1-11-3-5-14(6-4-11)17-15(19)10-18-8-7-13(9-18)12(2)16/h3-9,12H,10,16H2,1-2H3,(H,17,19). The summed E-state index contributed by atoms with van der Waals surface area (Å²) in [5, 5.41) is 2.87. The van der Waals surface area contributed by atoms with Crippen molar-refractivity contribution in [2.24, 2.45) is 5.73 Å². The Labute approximate surface area is 113 Å². The van der Waals surface area contributed by atoms with Gasteiger partial charge in [0.25, 0.3) is 0 Å². The van der Waals surface area contributed by atoms with Crippen molar-refractivity contribution in [3.8, 4) is 0 Å². The molecule has 0 aliphatic rings. The summed E-state index contributed by atoms with van der Waals surface area (Å²) in [6.07, 6.45) is 3.77. The molecular formula is C15H19N3O. The van der Waals surface area contributed by atoms with E-state index in [0.29, 0.717) is 6.54 Å². The van der Waals surface area contributed by atoms with Crippen molar-refractivity contribution in [2.45, 2.75) is 26.4 Å². The minimum atomic E-state index is -0.0457. The molecule has 0 saturated carbocycles. The molecule has 1 amide bonds. The SMILES string of the molecule is Cc1ccc(NC(=O)Cn2ccc(C(C)N)c2)cc1. The van der Waals surface area contributed by atoms with Crippen molar-refractivity contribution in [1.82, 2.24) is 4.57 Å². The van der Waals surface area contributed by atoms with Gasteiger partial charge in [-0.2, -0.15) is 0 Å². The molecule has 1 heterocycles. The quantitative estimate of drug-likeness (QED) is 0.883. The maximum absolute atomic E-state index is 11.9. The molecule has 3 N–H and O–H groups in total. The Kier molecular flexibility index (Phi) is 4.02. The van der Waals surface area contributed by atoms with E-state index >= 15 is 0 Å². The number of hydrogen-bond acceptors (Lipinski definition) is 2. The van der Waals surface area contributed by atoms with Crippen LogP contribution < -0.4 is 11.1 Å². The van der Waals surface area contributed by atoms with E-state index in [9.17, 15) is 4.79 Å². The fraction of sp³-hybridized carbons (Fsp3) is 0.267. The van der Waals surface area contributed by atoms with Crippen molar-refractivity contribution in [3.05, 3.63) is 53.9 Å². The van der Waals surface area contributed by atoms with Gasteiger partial charge in [0.15, 0.2) is 0 Å². The van der Waals surface area contributed by atoms with E-state index in [1.807, 2.05) is 61.1 Å². The summed E-state index contributed by atoms with van der Waals surface area (Å²) in [6.45, 7) is 4.23. The third kappa shape index (κ3) is 3.69. The average molecular weight is 257 g/mol. The molecule has 1 unspecified atom stereocenters. The number of benzene rings is 1. The Morgan fingerprint density at radius 1 is 1.32 bits per heavy atom. The Balaban J connectivity index is 1.95. The second-order valence-corrected chi connectivity index (χ2v) is 4.82. The normalized spacial score (nSPS) is 12.2. The van der Waals surface area contributed by atoms with Crippen LogP contribution in [-0.4, -0.2) is 10.5 Å². The summed E-state index contributed by atoms with van der Waals surface area (Å²) in [7, 11) is 0. The number of amides is 1. The summed E-state index contributed by atoms with van der Waals surface area (Å²) in [5.74, 6) is -0.0457. The van der Waals surface area contributed by atoms with Gasteiger partial charge in [0, 0.05) is 24.1 Å². The molecule has 2 aromatic rings. The molecule has 2 rings (SSSR count). The lowest BCUT2D eigenvalue weighted by Crippen LogP contribution is -2.17. The Morgan fingerprint density at radius 2 is 2.00 bits per heavy atom. The molecule has 0 radical (unpaired) electrons. The first kappa shape index (κ1) is 13.4. The zero-order valence-electron chi connectivity index (χ0n) is 11.3. The van der Waals surface area contributed by atoms with Crippen LogP contribution in [0.5, 0.6) is 0 Å². The topological polar surface area (TPSA) is 60.0 Å². The number of nitrogens with two attached hydrogens (primary N) is 1. The number of anilines is 1. The molecule has 1 aromatic carbocycles. The molecule has 0 bridgehead atoms. The van der Waals surface area contributed by atoms with Crippen LogP contribution in [0, 0.1) is 6.92 Å². The minimum Gasteiger partial charge on any atom is -0.345 e. The van der Waals surface area contributed by atoms with E-state index in [1.54, 1.807) is 0 Å². The van der Waals surface area contributed by atoms with E-state index in [2.05, 4.69) is 5.32 Å². The first-order valence-electron chi connectivity index (χ1n) is 6.32. The van der Waals surface area contributed by atoms with Gasteiger partial charge < -0.3 is 15.6 Å². The highest BCUT2D eigenvalue weighted by Crippen LogP contribution is 2.11. The lowest BCUT2D eigenvalue weighted by Gasteiger charge is -2.06. The number of carbonyl (C=O) groups excluding carboxylic acids is 1. The van der Waals surface area contributed by atoms with Crippen LogP contribution >= 0.6 is 0 Å². The number of aryl methyl sites for hydroxylation is 1. The molecule has 1 atom stereocenters. The van der Waals surface area contributed by atoms with Gasteiger partial charge in [-0.1, -0.05) is 17.7 Å². The highest BCUT2D eigenvalue weighted by atomic mass is 16.1. The van der Waals surface area contributed by atoms with Crippen molar-refractivity contribution < 1.29 is 4.79 Å². The van der Waals surface area contributed by atoms with Crippen molar-refractivity contribution in [2.75, 3.05) is 5.32 Å². The zero-order valence-corrected chi connectivity index (χ0v) is 11.3. The van der Waals surface area contributed by atoms with Crippen LogP contribution in [0.15, 0.2) is 42.7 Å². The summed E-state index contributed by atoms with van der Waals surface area (Å²) in [6, 6.07) is 9.66. The van der Waals surface area contributed by atoms with Crippen LogP contribution in [-0.2, 0) is 11.3 Å². The van der Waals surface area contributed by atoms with E-state index in [0.717, 1.165) is 11.3 Å². The van der Waals surface area contributed by atoms with Gasteiger partial charge in [-0.25, -0.2) is 0 Å². The van der Waals surface area contributed by atoms with Crippen LogP contribution in [0.3, 0.4) is 0 Å². The number of carbonyl (C=O) groups is 1. The second kappa shape index (κ2) is 5.71. The first-order valence-corrected chi connectivity index (χ1v) is 6.32. The summed E-state index contributed by atoms with van der Waals surface area (Å²) >= 11 is 0. The van der Waals surface area contributed by atoms with Gasteiger partial charge in [-0.05, 0) is 37.6 Å². The number of nitrogens with one attached hydrogen (secondary N) is 1. The van der Waals surface area contributed by atoms with Crippen LogP contribution in [0.2, 0.25) is 0 Å². The lowest BCUT2D eigenvalue weighted by molar-refractivity contribution is -0.116. The monoisotopic (exact) mass is 257 g/mol. The molecule has 0 fully saturated rings. The number of aromatic nitrogens is 1. The summed E-state index contributed by atoms with van der Waals surface area (Å²) in [4.78, 5) is 11.9. The van der Waals surface area contributed by atoms with Crippen LogP contribution in [0.4, 0.5) is 5.69 Å². The zero-order chi connectivity index (χ0) is 13.8. The van der Waals surface area contributed by atoms with E-state index in [4.69, 9.17) is 5.73 Å². The van der Waals surface area contributed by atoms with Crippen molar-refractivity contribution in [3.63, 3.8) is 0 Å². The Morgan fingerprint density at radius 3 is 2.58 bits per heavy atom. The summed E-state index contributed by atoms with van der Waals surface area (Å²) in [5.41, 5.74) is 8.80. The molecule has 19 heavy (non-hydrogen) atoms. The van der Waals surface area contributed by atoms with Gasteiger partial charge >= 0.3 is 0 Å². The number of hydrogen-bond donors (Lipinski definition) is 2. The molecule has 4 heteroatoms. The van der Waals surface area contributed by atoms with E-state index in [1.165, 1.54) is 5.56 Å². The molecule has 0 aliphatic carbocycles. The minimum absolute atomic E-state index is 0.0126. The number of nitrogens with zero attached hydrogens (tertiary/aromatic N) is 1. The second-order valence-electron chi connectivity index (χ2n) is 4.82. The van der Waals surface area contributed by atoms with Gasteiger partial charge in [0.05, 0.1) is 0 Å². The molecule has 4 nitrogen and oxygen atoms in total. The van der Waals surface area contributed by atoms with Crippen molar-refractivity contribution >= 4 is 11.6 Å². The molecule has 100 valence electrons. The Bertz CT molecular complexity index is 555. The third-order valence-electron chi connectivity index (χ3n) is 2.96. The van der Waals surface area contributed by atoms with Crippen LogP contribution in [0.1, 0.15) is 24.1 Å². The third-order valence-corrected chi connectivity index (χ3v) is 2.96. The first-order chi connectivity index (χ1) is 9.04. The van der Waals surface area contributed by atoms with Crippen LogP contribution in [0.25, 0.3) is 0 Å². The Hall–Kier alpha value is -2.07. The molecule has 1 aromatic heterocycles. The lowest BCUT2D eigenvalue weighted by atomic mass is 10.2. The van der Waals surface area contributed by atoms with Crippen molar-refractivity contribution in [1.29, 1.82) is 0 Å². The fourth-order valence-electron chi connectivity index (χ4n) is 1.83. The summed E-state index contributed by atoms with van der Waals surface area (Å²) < 4.78 is 1.84. The maximum Gasteiger partial charge on any atom is 0.244 e. The highest BCUT2D eigenvalue weighted by molar-refractivity contribution is 5.90. The largest absolute Gasteiger partial charge is 0.345 e. The van der Waals surface area contributed by atoms with Gasteiger partial charge in [-0.3, -0.25) is 4.79 Å². The maximum atomic E-state index is 11.9. The molecular weight excluding hydrogens is 238 g/mol. The highest BCUT2D eigenvalue weighted by Gasteiger charge is 2.06.